The van der Waals surface area contributed by atoms with E-state index in [1.165, 1.54) is 0 Å². The lowest BCUT2D eigenvalue weighted by atomic mass is 9.83. The molecule has 0 bridgehead atoms. The summed E-state index contributed by atoms with van der Waals surface area (Å²) in [7, 11) is -3.21. The van der Waals surface area contributed by atoms with Gasteiger partial charge in [0.05, 0.1) is 12.4 Å². The van der Waals surface area contributed by atoms with E-state index >= 15 is 0 Å². The number of aromatic nitrogens is 2. The lowest BCUT2D eigenvalue weighted by Crippen LogP contribution is -2.69. The molecule has 0 saturated carbocycles. The van der Waals surface area contributed by atoms with Gasteiger partial charge in [-0.15, -0.1) is 0 Å². The zero-order valence-corrected chi connectivity index (χ0v) is 14.8. The molecule has 132 valence electrons. The first-order chi connectivity index (χ1) is 11.3. The Morgan fingerprint density at radius 1 is 1.38 bits per heavy atom. The summed E-state index contributed by atoms with van der Waals surface area (Å²) in [5, 5.41) is 0. The summed E-state index contributed by atoms with van der Waals surface area (Å²) < 4.78 is 29.8. The molecule has 3 heterocycles. The van der Waals surface area contributed by atoms with Crippen molar-refractivity contribution in [1.29, 1.82) is 0 Å². The van der Waals surface area contributed by atoms with Gasteiger partial charge in [0.25, 0.3) is 0 Å². The van der Waals surface area contributed by atoms with Gasteiger partial charge in [0.15, 0.2) is 9.84 Å². The first kappa shape index (κ1) is 17.1. The van der Waals surface area contributed by atoms with Crippen LogP contribution < -0.4 is 4.74 Å². The van der Waals surface area contributed by atoms with E-state index < -0.39 is 14.6 Å². The molecule has 1 amide bonds. The van der Waals surface area contributed by atoms with Crippen LogP contribution in [0.5, 0.6) is 6.01 Å². The number of likely N-dealkylation sites (tertiary alicyclic amines) is 1. The van der Waals surface area contributed by atoms with Crippen molar-refractivity contribution in [3.8, 4) is 6.01 Å². The van der Waals surface area contributed by atoms with Crippen LogP contribution in [0.2, 0.25) is 0 Å². The molecule has 24 heavy (non-hydrogen) atoms. The SMILES string of the molecule is CC(C)CC(=O)N1CC2(C1)C(COc1ncccn1)CCS2(=O)=O. The van der Waals surface area contributed by atoms with Gasteiger partial charge in [-0.25, -0.2) is 18.4 Å². The topological polar surface area (TPSA) is 89.5 Å². The number of hydrogen-bond donors (Lipinski definition) is 0. The van der Waals surface area contributed by atoms with Crippen molar-refractivity contribution in [3.05, 3.63) is 18.5 Å². The molecule has 1 aromatic rings. The van der Waals surface area contributed by atoms with Gasteiger partial charge in [0.1, 0.15) is 4.75 Å². The van der Waals surface area contributed by atoms with Crippen LogP contribution in [0, 0.1) is 11.8 Å². The number of carbonyl (C=O) groups excluding carboxylic acids is 1. The molecule has 0 N–H and O–H groups in total. The van der Waals surface area contributed by atoms with Crippen molar-refractivity contribution >= 4 is 15.7 Å². The maximum absolute atomic E-state index is 12.6. The molecule has 1 atom stereocenters. The number of nitrogens with zero attached hydrogens (tertiary/aromatic N) is 3. The van der Waals surface area contributed by atoms with Crippen LogP contribution >= 0.6 is 0 Å². The predicted molar refractivity (Wildman–Crippen MR) is 88.2 cm³/mol. The van der Waals surface area contributed by atoms with Gasteiger partial charge in [-0.3, -0.25) is 4.79 Å². The van der Waals surface area contributed by atoms with E-state index in [1.54, 1.807) is 23.4 Å². The maximum Gasteiger partial charge on any atom is 0.316 e. The highest BCUT2D eigenvalue weighted by molar-refractivity contribution is 7.93. The van der Waals surface area contributed by atoms with Crippen LogP contribution in [-0.4, -0.2) is 59.4 Å². The molecule has 0 radical (unpaired) electrons. The van der Waals surface area contributed by atoms with Crippen molar-refractivity contribution in [2.24, 2.45) is 11.8 Å². The Morgan fingerprint density at radius 3 is 2.67 bits per heavy atom. The number of rotatable bonds is 5. The second kappa shape index (κ2) is 6.31. The summed E-state index contributed by atoms with van der Waals surface area (Å²) >= 11 is 0. The van der Waals surface area contributed by atoms with Crippen LogP contribution in [0.3, 0.4) is 0 Å². The molecule has 0 aromatic carbocycles. The third-order valence-corrected chi connectivity index (χ3v) is 7.51. The number of amides is 1. The van der Waals surface area contributed by atoms with Crippen LogP contribution in [0.25, 0.3) is 0 Å². The molecule has 7 nitrogen and oxygen atoms in total. The Kier molecular flexibility index (Phi) is 4.50. The Labute approximate surface area is 142 Å². The van der Waals surface area contributed by atoms with Crippen molar-refractivity contribution in [3.63, 3.8) is 0 Å². The fourth-order valence-electron chi connectivity index (χ4n) is 3.50. The predicted octanol–water partition coefficient (Wildman–Crippen LogP) is 0.917. The molecule has 1 unspecified atom stereocenters. The van der Waals surface area contributed by atoms with E-state index in [4.69, 9.17) is 4.74 Å². The zero-order chi connectivity index (χ0) is 17.4. The Morgan fingerprint density at radius 2 is 2.04 bits per heavy atom. The Bertz CT molecular complexity index is 699. The second-order valence-electron chi connectivity index (χ2n) is 7.06. The van der Waals surface area contributed by atoms with Gasteiger partial charge in [-0.1, -0.05) is 13.8 Å². The molecule has 8 heteroatoms. The van der Waals surface area contributed by atoms with E-state index in [9.17, 15) is 13.2 Å². The highest BCUT2D eigenvalue weighted by Gasteiger charge is 2.62. The van der Waals surface area contributed by atoms with Gasteiger partial charge >= 0.3 is 6.01 Å². The maximum atomic E-state index is 12.6. The third kappa shape index (κ3) is 2.99. The molecule has 2 saturated heterocycles. The zero-order valence-electron chi connectivity index (χ0n) is 14.0. The fourth-order valence-corrected chi connectivity index (χ4v) is 5.90. The van der Waals surface area contributed by atoms with E-state index in [0.717, 1.165) is 0 Å². The molecule has 2 fully saturated rings. The van der Waals surface area contributed by atoms with Gasteiger partial charge in [0, 0.05) is 37.8 Å². The van der Waals surface area contributed by atoms with E-state index in [2.05, 4.69) is 9.97 Å². The van der Waals surface area contributed by atoms with Gasteiger partial charge in [-0.2, -0.15) is 0 Å². The van der Waals surface area contributed by atoms with Crippen molar-refractivity contribution in [1.82, 2.24) is 14.9 Å². The lowest BCUT2D eigenvalue weighted by Gasteiger charge is -2.50. The molecule has 2 aliphatic rings. The number of carbonyl (C=O) groups is 1. The minimum Gasteiger partial charge on any atom is -0.463 e. The molecule has 1 spiro atoms. The summed E-state index contributed by atoms with van der Waals surface area (Å²) in [4.78, 5) is 21.8. The highest BCUT2D eigenvalue weighted by Crippen LogP contribution is 2.45. The van der Waals surface area contributed by atoms with Crippen molar-refractivity contribution < 1.29 is 17.9 Å². The normalized spacial score (nSPS) is 24.1. The summed E-state index contributed by atoms with van der Waals surface area (Å²) in [5.74, 6) is 0.324. The third-order valence-electron chi connectivity index (χ3n) is 4.91. The molecule has 3 rings (SSSR count). The molecule has 0 aliphatic carbocycles. The number of hydrogen-bond acceptors (Lipinski definition) is 6. The second-order valence-corrected chi connectivity index (χ2v) is 9.51. The monoisotopic (exact) mass is 353 g/mol. The number of sulfone groups is 1. The Balaban J connectivity index is 1.67. The molecule has 1 aromatic heterocycles. The van der Waals surface area contributed by atoms with Crippen LogP contribution in [0.4, 0.5) is 0 Å². The molecular formula is C16H23N3O4S. The van der Waals surface area contributed by atoms with E-state index in [-0.39, 0.29) is 49.2 Å². The van der Waals surface area contributed by atoms with Crippen molar-refractivity contribution in [2.45, 2.75) is 31.4 Å². The van der Waals surface area contributed by atoms with E-state index in [0.29, 0.717) is 12.8 Å². The van der Waals surface area contributed by atoms with Crippen LogP contribution in [0.15, 0.2) is 18.5 Å². The molecular weight excluding hydrogens is 330 g/mol. The van der Waals surface area contributed by atoms with Crippen LogP contribution in [-0.2, 0) is 14.6 Å². The first-order valence-corrected chi connectivity index (χ1v) is 9.89. The smallest absolute Gasteiger partial charge is 0.316 e. The average Bonchev–Trinajstić information content (AvgIpc) is 2.74. The summed E-state index contributed by atoms with van der Waals surface area (Å²) in [6.07, 6.45) is 4.18. The summed E-state index contributed by atoms with van der Waals surface area (Å²) in [5.41, 5.74) is 0. The van der Waals surface area contributed by atoms with Crippen molar-refractivity contribution in [2.75, 3.05) is 25.4 Å². The highest BCUT2D eigenvalue weighted by atomic mass is 32.2. The minimum atomic E-state index is -3.21. The fraction of sp³-hybridized carbons (Fsp3) is 0.688. The first-order valence-electron chi connectivity index (χ1n) is 8.24. The summed E-state index contributed by atoms with van der Waals surface area (Å²) in [6, 6.07) is 1.95. The minimum absolute atomic E-state index is 0.0313. The van der Waals surface area contributed by atoms with Crippen LogP contribution in [0.1, 0.15) is 26.7 Å². The van der Waals surface area contributed by atoms with E-state index in [1.807, 2.05) is 13.8 Å². The quantitative estimate of drug-likeness (QED) is 0.782. The summed E-state index contributed by atoms with van der Waals surface area (Å²) in [6.45, 7) is 4.79. The number of ether oxygens (including phenoxy) is 1. The average molecular weight is 353 g/mol. The standard InChI is InChI=1S/C16H23N3O4S/c1-12(2)8-14(20)19-10-16(11-19)13(4-7-24(16,21)22)9-23-15-17-5-3-6-18-15/h3,5-6,12-13H,4,7-11H2,1-2H3. The Hall–Kier alpha value is -1.70. The van der Waals surface area contributed by atoms with Gasteiger partial charge in [-0.05, 0) is 18.4 Å². The van der Waals surface area contributed by atoms with Gasteiger partial charge in [0.2, 0.25) is 5.91 Å². The largest absolute Gasteiger partial charge is 0.463 e. The lowest BCUT2D eigenvalue weighted by molar-refractivity contribution is -0.138. The molecule has 2 aliphatic heterocycles. The van der Waals surface area contributed by atoms with Gasteiger partial charge < -0.3 is 9.64 Å².